The maximum atomic E-state index is 12.6. The van der Waals surface area contributed by atoms with E-state index in [1.165, 1.54) is 44.9 Å². The molecule has 0 N–H and O–H groups in total. The molecule has 0 saturated carbocycles. The minimum Gasteiger partial charge on any atom is -0.494 e. The van der Waals surface area contributed by atoms with Gasteiger partial charge in [-0.3, -0.25) is 4.99 Å². The zero-order chi connectivity index (χ0) is 27.7. The standard InChI is InChI=1S/C34H43NO4/c1-4-6-7-8-9-10-11-12-25-37-31-21-15-29(16-22-31)34(36)39-33-19-13-28(14-20-33)26-35-30-17-23-32(24-18-30)38-27(3)5-2/h13-24,26-27H,4-12,25H2,1-3H3/t27-/m0/s1. The molecular formula is C34H43NO4. The van der Waals surface area contributed by atoms with Crippen molar-refractivity contribution in [2.24, 2.45) is 4.99 Å². The second-order valence-electron chi connectivity index (χ2n) is 9.90. The Morgan fingerprint density at radius 3 is 1.97 bits per heavy atom. The van der Waals surface area contributed by atoms with Gasteiger partial charge < -0.3 is 14.2 Å². The van der Waals surface area contributed by atoms with Crippen LogP contribution in [0.15, 0.2) is 77.8 Å². The third-order valence-corrected chi connectivity index (χ3v) is 6.56. The fraction of sp³-hybridized carbons (Fsp3) is 0.412. The second-order valence-corrected chi connectivity index (χ2v) is 9.90. The molecule has 0 heterocycles. The van der Waals surface area contributed by atoms with Crippen molar-refractivity contribution in [2.75, 3.05) is 6.61 Å². The number of carbonyl (C=O) groups excluding carboxylic acids is 1. The summed E-state index contributed by atoms with van der Waals surface area (Å²) in [5.41, 5.74) is 2.24. The Balaban J connectivity index is 1.39. The molecule has 39 heavy (non-hydrogen) atoms. The van der Waals surface area contributed by atoms with Crippen molar-refractivity contribution in [3.63, 3.8) is 0 Å². The molecule has 3 rings (SSSR count). The van der Waals surface area contributed by atoms with E-state index in [2.05, 4.69) is 25.8 Å². The van der Waals surface area contributed by atoms with Crippen molar-refractivity contribution in [3.05, 3.63) is 83.9 Å². The van der Waals surface area contributed by atoms with E-state index >= 15 is 0 Å². The molecule has 0 aromatic heterocycles. The van der Waals surface area contributed by atoms with Crippen molar-refractivity contribution < 1.29 is 19.0 Å². The first-order valence-corrected chi connectivity index (χ1v) is 14.4. The summed E-state index contributed by atoms with van der Waals surface area (Å²) >= 11 is 0. The monoisotopic (exact) mass is 529 g/mol. The van der Waals surface area contributed by atoms with Crippen LogP contribution in [0.25, 0.3) is 0 Å². The van der Waals surface area contributed by atoms with Crippen molar-refractivity contribution in [1.82, 2.24) is 0 Å². The van der Waals surface area contributed by atoms with Crippen LogP contribution < -0.4 is 14.2 Å². The van der Waals surface area contributed by atoms with Crippen LogP contribution in [0.2, 0.25) is 0 Å². The zero-order valence-corrected chi connectivity index (χ0v) is 23.7. The normalized spacial score (nSPS) is 11.9. The first-order valence-electron chi connectivity index (χ1n) is 14.4. The van der Waals surface area contributed by atoms with Crippen molar-refractivity contribution in [3.8, 4) is 17.2 Å². The molecule has 0 amide bonds. The highest BCUT2D eigenvalue weighted by Gasteiger charge is 2.09. The van der Waals surface area contributed by atoms with E-state index in [0.717, 1.165) is 35.6 Å². The summed E-state index contributed by atoms with van der Waals surface area (Å²) in [4.78, 5) is 17.1. The number of hydrogen-bond acceptors (Lipinski definition) is 5. The number of esters is 1. The predicted octanol–water partition coefficient (Wildman–Crippen LogP) is 9.35. The minimum absolute atomic E-state index is 0.190. The lowest BCUT2D eigenvalue weighted by molar-refractivity contribution is 0.0734. The van der Waals surface area contributed by atoms with Crippen LogP contribution in [0.4, 0.5) is 5.69 Å². The Morgan fingerprint density at radius 2 is 1.33 bits per heavy atom. The zero-order valence-electron chi connectivity index (χ0n) is 23.7. The molecule has 0 radical (unpaired) electrons. The van der Waals surface area contributed by atoms with Crippen molar-refractivity contribution in [2.45, 2.75) is 84.7 Å². The number of ether oxygens (including phenoxy) is 3. The van der Waals surface area contributed by atoms with E-state index in [1.54, 1.807) is 30.5 Å². The highest BCUT2D eigenvalue weighted by atomic mass is 16.5. The van der Waals surface area contributed by atoms with E-state index in [4.69, 9.17) is 14.2 Å². The maximum absolute atomic E-state index is 12.6. The van der Waals surface area contributed by atoms with Gasteiger partial charge in [-0.25, -0.2) is 4.79 Å². The summed E-state index contributed by atoms with van der Waals surface area (Å²) in [5, 5.41) is 0. The second kappa shape index (κ2) is 17.1. The molecule has 0 aliphatic carbocycles. The molecule has 0 bridgehead atoms. The first-order chi connectivity index (χ1) is 19.1. The van der Waals surface area contributed by atoms with Gasteiger partial charge in [0.2, 0.25) is 0 Å². The minimum atomic E-state index is -0.397. The summed E-state index contributed by atoms with van der Waals surface area (Å²) in [5.74, 6) is 1.70. The molecule has 1 atom stereocenters. The van der Waals surface area contributed by atoms with E-state index < -0.39 is 5.97 Å². The Labute approximate surface area is 234 Å². The van der Waals surface area contributed by atoms with Gasteiger partial charge in [0.1, 0.15) is 17.2 Å². The van der Waals surface area contributed by atoms with Crippen LogP contribution >= 0.6 is 0 Å². The third kappa shape index (κ3) is 11.4. The Hall–Kier alpha value is -3.60. The van der Waals surface area contributed by atoms with Crippen LogP contribution in [0.1, 0.15) is 94.5 Å². The summed E-state index contributed by atoms with van der Waals surface area (Å²) in [6.07, 6.45) is 13.1. The van der Waals surface area contributed by atoms with Gasteiger partial charge in [0, 0.05) is 6.21 Å². The van der Waals surface area contributed by atoms with Gasteiger partial charge in [0.15, 0.2) is 0 Å². The van der Waals surface area contributed by atoms with E-state index in [-0.39, 0.29) is 6.10 Å². The number of hydrogen-bond donors (Lipinski definition) is 0. The fourth-order valence-corrected chi connectivity index (χ4v) is 3.98. The molecule has 0 saturated heterocycles. The number of nitrogens with zero attached hydrogens (tertiary/aromatic N) is 1. The molecule has 0 fully saturated rings. The number of rotatable bonds is 17. The molecule has 3 aromatic rings. The van der Waals surface area contributed by atoms with Crippen LogP contribution in [0.5, 0.6) is 17.2 Å². The predicted molar refractivity (Wildman–Crippen MR) is 160 cm³/mol. The SMILES string of the molecule is CCCCCCCCCCOc1ccc(C(=O)Oc2ccc(C=Nc3ccc(O[C@@H](C)CC)cc3)cc2)cc1. The molecule has 0 unspecified atom stereocenters. The average Bonchev–Trinajstić information content (AvgIpc) is 2.97. The third-order valence-electron chi connectivity index (χ3n) is 6.56. The van der Waals surface area contributed by atoms with Gasteiger partial charge in [-0.2, -0.15) is 0 Å². The molecular weight excluding hydrogens is 486 g/mol. The van der Waals surface area contributed by atoms with Crippen LogP contribution in [-0.2, 0) is 0 Å². The molecule has 5 heteroatoms. The topological polar surface area (TPSA) is 57.1 Å². The van der Waals surface area contributed by atoms with Crippen LogP contribution in [0.3, 0.4) is 0 Å². The smallest absolute Gasteiger partial charge is 0.343 e. The number of benzene rings is 3. The molecule has 3 aromatic carbocycles. The van der Waals surface area contributed by atoms with Gasteiger partial charge in [-0.1, -0.05) is 58.8 Å². The largest absolute Gasteiger partial charge is 0.494 e. The quantitative estimate of drug-likeness (QED) is 0.0756. The molecule has 0 spiro atoms. The van der Waals surface area contributed by atoms with Gasteiger partial charge >= 0.3 is 5.97 Å². The van der Waals surface area contributed by atoms with Crippen molar-refractivity contribution in [1.29, 1.82) is 0 Å². The molecule has 208 valence electrons. The van der Waals surface area contributed by atoms with E-state index in [0.29, 0.717) is 17.9 Å². The lowest BCUT2D eigenvalue weighted by Gasteiger charge is -2.12. The van der Waals surface area contributed by atoms with Crippen molar-refractivity contribution >= 4 is 17.9 Å². The lowest BCUT2D eigenvalue weighted by Crippen LogP contribution is -2.09. The summed E-state index contributed by atoms with van der Waals surface area (Å²) in [7, 11) is 0. The summed E-state index contributed by atoms with van der Waals surface area (Å²) in [6, 6.07) is 22.1. The number of carbonyl (C=O) groups is 1. The van der Waals surface area contributed by atoms with Gasteiger partial charge in [0.25, 0.3) is 0 Å². The summed E-state index contributed by atoms with van der Waals surface area (Å²) < 4.78 is 17.2. The maximum Gasteiger partial charge on any atom is 0.343 e. The van der Waals surface area contributed by atoms with Crippen LogP contribution in [-0.4, -0.2) is 24.9 Å². The molecule has 0 aliphatic rings. The fourth-order valence-electron chi connectivity index (χ4n) is 3.98. The highest BCUT2D eigenvalue weighted by molar-refractivity contribution is 5.91. The summed E-state index contributed by atoms with van der Waals surface area (Å²) in [6.45, 7) is 7.10. The van der Waals surface area contributed by atoms with Gasteiger partial charge in [-0.15, -0.1) is 0 Å². The first kappa shape index (κ1) is 29.9. The average molecular weight is 530 g/mol. The van der Waals surface area contributed by atoms with E-state index in [1.807, 2.05) is 48.5 Å². The highest BCUT2D eigenvalue weighted by Crippen LogP contribution is 2.21. The molecule has 5 nitrogen and oxygen atoms in total. The Bertz CT molecular complexity index is 1120. The van der Waals surface area contributed by atoms with Gasteiger partial charge in [0.05, 0.1) is 24.0 Å². The number of unbranched alkanes of at least 4 members (excludes halogenated alkanes) is 7. The molecule has 0 aliphatic heterocycles. The van der Waals surface area contributed by atoms with E-state index in [9.17, 15) is 4.79 Å². The Kier molecular flexibility index (Phi) is 13.1. The van der Waals surface area contributed by atoms with Crippen LogP contribution in [0, 0.1) is 0 Å². The lowest BCUT2D eigenvalue weighted by atomic mass is 10.1. The Morgan fingerprint density at radius 1 is 0.744 bits per heavy atom. The van der Waals surface area contributed by atoms with Gasteiger partial charge in [-0.05, 0) is 98.1 Å². The number of aliphatic imine (C=N–C) groups is 1.